The molecule has 0 aliphatic carbocycles. The minimum Gasteiger partial charge on any atom is -0.335 e. The first-order valence-corrected chi connectivity index (χ1v) is 5.96. The number of carbonyl (C=O) groups is 1. The van der Waals surface area contributed by atoms with E-state index in [1.54, 1.807) is 0 Å². The lowest BCUT2D eigenvalue weighted by atomic mass is 10.1. The minimum absolute atomic E-state index is 0.273. The van der Waals surface area contributed by atoms with Gasteiger partial charge in [0.1, 0.15) is 0 Å². The van der Waals surface area contributed by atoms with Gasteiger partial charge in [0.15, 0.2) is 0 Å². The smallest absolute Gasteiger partial charge is 0.236 e. The van der Waals surface area contributed by atoms with Crippen LogP contribution in [0.2, 0.25) is 0 Å². The van der Waals surface area contributed by atoms with Gasteiger partial charge in [-0.2, -0.15) is 0 Å². The van der Waals surface area contributed by atoms with E-state index in [0.717, 1.165) is 26.2 Å². The maximum Gasteiger partial charge on any atom is 0.236 e. The number of rotatable bonds is 2. The first kappa shape index (κ1) is 10.9. The van der Waals surface area contributed by atoms with Gasteiger partial charge in [-0.25, -0.2) is 0 Å². The molecule has 2 atom stereocenters. The highest BCUT2D eigenvalue weighted by atomic mass is 16.2. The third kappa shape index (κ3) is 2.16. The largest absolute Gasteiger partial charge is 0.335 e. The zero-order valence-corrected chi connectivity index (χ0v) is 9.70. The van der Waals surface area contributed by atoms with E-state index in [1.807, 2.05) is 0 Å². The zero-order valence-electron chi connectivity index (χ0n) is 9.70. The van der Waals surface area contributed by atoms with Crippen molar-refractivity contribution >= 4 is 5.91 Å². The van der Waals surface area contributed by atoms with E-state index in [0.29, 0.717) is 18.6 Å². The summed E-state index contributed by atoms with van der Waals surface area (Å²) < 4.78 is 0. The van der Waals surface area contributed by atoms with Gasteiger partial charge in [0.25, 0.3) is 0 Å². The van der Waals surface area contributed by atoms with Gasteiger partial charge >= 0.3 is 0 Å². The van der Waals surface area contributed by atoms with Crippen LogP contribution in [0.15, 0.2) is 0 Å². The van der Waals surface area contributed by atoms with E-state index < -0.39 is 0 Å². The molecule has 1 N–H and O–H groups in total. The molecule has 2 aliphatic heterocycles. The predicted octanol–water partition coefficient (Wildman–Crippen LogP) is -0.0991. The summed E-state index contributed by atoms with van der Waals surface area (Å²) in [6, 6.07) is 1.04. The Morgan fingerprint density at radius 2 is 2.33 bits per heavy atom. The van der Waals surface area contributed by atoms with Crippen LogP contribution in [0.25, 0.3) is 0 Å². The molecule has 0 aromatic carbocycles. The summed E-state index contributed by atoms with van der Waals surface area (Å²) in [5, 5.41) is 3.19. The number of piperazine rings is 2. The van der Waals surface area contributed by atoms with Crippen LogP contribution < -0.4 is 5.32 Å². The average molecular weight is 211 g/mol. The van der Waals surface area contributed by atoms with Gasteiger partial charge in [0.05, 0.1) is 12.6 Å². The molecule has 4 heteroatoms. The fourth-order valence-electron chi connectivity index (χ4n) is 2.49. The third-order valence-electron chi connectivity index (χ3n) is 3.70. The lowest BCUT2D eigenvalue weighted by molar-refractivity contribution is -0.138. The minimum atomic E-state index is 0.273. The second kappa shape index (κ2) is 4.49. The van der Waals surface area contributed by atoms with E-state index >= 15 is 0 Å². The Morgan fingerprint density at radius 3 is 3.07 bits per heavy atom. The van der Waals surface area contributed by atoms with Crippen molar-refractivity contribution in [2.75, 3.05) is 32.7 Å². The molecule has 2 rings (SSSR count). The Kier molecular flexibility index (Phi) is 3.26. The lowest BCUT2D eigenvalue weighted by Crippen LogP contribution is -2.64. The number of carbonyl (C=O) groups excluding carboxylic acids is 1. The van der Waals surface area contributed by atoms with Crippen molar-refractivity contribution in [3.8, 4) is 0 Å². The molecular formula is C11H21N3O. The Hall–Kier alpha value is -0.610. The molecule has 0 spiro atoms. The summed E-state index contributed by atoms with van der Waals surface area (Å²) in [6.45, 7) is 8.97. The molecule has 2 heterocycles. The van der Waals surface area contributed by atoms with Crippen LogP contribution in [0.5, 0.6) is 0 Å². The molecule has 4 nitrogen and oxygen atoms in total. The molecule has 0 aromatic rings. The second-order valence-corrected chi connectivity index (χ2v) is 4.62. The van der Waals surface area contributed by atoms with Crippen LogP contribution >= 0.6 is 0 Å². The summed E-state index contributed by atoms with van der Waals surface area (Å²) in [6.07, 6.45) is 1.19. The van der Waals surface area contributed by atoms with E-state index in [2.05, 4.69) is 29.0 Å². The fraction of sp³-hybridized carbons (Fsp3) is 0.909. The molecule has 0 saturated carbocycles. The first-order chi connectivity index (χ1) is 7.22. The van der Waals surface area contributed by atoms with E-state index in [1.165, 1.54) is 6.42 Å². The lowest BCUT2D eigenvalue weighted by Gasteiger charge is -2.45. The molecule has 0 aromatic heterocycles. The molecule has 1 amide bonds. The van der Waals surface area contributed by atoms with Crippen LogP contribution in [0.1, 0.15) is 20.3 Å². The highest BCUT2D eigenvalue weighted by Crippen LogP contribution is 2.15. The standard InChI is InChI=1S/C11H21N3O/c1-3-9(2)13-4-5-14-10(8-13)6-12-7-11(14)15/h9-10,12H,3-8H2,1-2H3. The summed E-state index contributed by atoms with van der Waals surface area (Å²) in [7, 11) is 0. The maximum absolute atomic E-state index is 11.6. The third-order valence-corrected chi connectivity index (χ3v) is 3.70. The van der Waals surface area contributed by atoms with Gasteiger partial charge in [-0.15, -0.1) is 0 Å². The first-order valence-electron chi connectivity index (χ1n) is 5.96. The number of fused-ring (bicyclic) bond motifs is 1. The summed E-state index contributed by atoms with van der Waals surface area (Å²) in [5.74, 6) is 0.273. The molecule has 2 saturated heterocycles. The Bertz CT molecular complexity index is 244. The average Bonchev–Trinajstić information content (AvgIpc) is 2.28. The molecule has 2 unspecified atom stereocenters. The van der Waals surface area contributed by atoms with Crippen LogP contribution in [-0.4, -0.2) is 60.5 Å². The van der Waals surface area contributed by atoms with Gasteiger partial charge in [-0.05, 0) is 13.3 Å². The highest BCUT2D eigenvalue weighted by Gasteiger charge is 2.33. The molecule has 86 valence electrons. The van der Waals surface area contributed by atoms with Crippen molar-refractivity contribution in [2.24, 2.45) is 0 Å². The van der Waals surface area contributed by atoms with Gasteiger partial charge < -0.3 is 10.2 Å². The SMILES string of the molecule is CCC(C)N1CCN2C(=O)CNCC2C1. The Morgan fingerprint density at radius 1 is 1.53 bits per heavy atom. The number of nitrogens with one attached hydrogen (secondary N) is 1. The monoisotopic (exact) mass is 211 g/mol. The maximum atomic E-state index is 11.6. The molecule has 15 heavy (non-hydrogen) atoms. The second-order valence-electron chi connectivity index (χ2n) is 4.62. The van der Waals surface area contributed by atoms with Crippen molar-refractivity contribution in [3.63, 3.8) is 0 Å². The number of amides is 1. The van der Waals surface area contributed by atoms with Gasteiger partial charge in [0, 0.05) is 32.2 Å². The number of hydrogen-bond donors (Lipinski definition) is 1. The van der Waals surface area contributed by atoms with Gasteiger partial charge in [-0.3, -0.25) is 9.69 Å². The van der Waals surface area contributed by atoms with Crippen molar-refractivity contribution in [1.82, 2.24) is 15.1 Å². The van der Waals surface area contributed by atoms with E-state index in [-0.39, 0.29) is 5.91 Å². The van der Waals surface area contributed by atoms with Crippen molar-refractivity contribution in [3.05, 3.63) is 0 Å². The summed E-state index contributed by atoms with van der Waals surface area (Å²) in [5.41, 5.74) is 0. The van der Waals surface area contributed by atoms with Crippen molar-refractivity contribution < 1.29 is 4.79 Å². The molecule has 0 bridgehead atoms. The Labute approximate surface area is 91.6 Å². The molecule has 2 fully saturated rings. The van der Waals surface area contributed by atoms with Crippen LogP contribution in [0.3, 0.4) is 0 Å². The predicted molar refractivity (Wildman–Crippen MR) is 59.7 cm³/mol. The zero-order chi connectivity index (χ0) is 10.8. The highest BCUT2D eigenvalue weighted by molar-refractivity contribution is 5.79. The topological polar surface area (TPSA) is 35.6 Å². The van der Waals surface area contributed by atoms with Gasteiger partial charge in [0.2, 0.25) is 5.91 Å². The van der Waals surface area contributed by atoms with Crippen molar-refractivity contribution in [1.29, 1.82) is 0 Å². The fourth-order valence-corrected chi connectivity index (χ4v) is 2.49. The number of nitrogens with zero attached hydrogens (tertiary/aromatic N) is 2. The van der Waals surface area contributed by atoms with E-state index in [4.69, 9.17) is 0 Å². The molecular weight excluding hydrogens is 190 g/mol. The van der Waals surface area contributed by atoms with Crippen molar-refractivity contribution in [2.45, 2.75) is 32.4 Å². The Balaban J connectivity index is 1.96. The number of hydrogen-bond acceptors (Lipinski definition) is 3. The quantitative estimate of drug-likeness (QED) is 0.693. The van der Waals surface area contributed by atoms with Gasteiger partial charge in [-0.1, -0.05) is 6.92 Å². The molecule has 0 radical (unpaired) electrons. The van der Waals surface area contributed by atoms with Crippen LogP contribution in [-0.2, 0) is 4.79 Å². The normalized spacial score (nSPS) is 30.1. The summed E-state index contributed by atoms with van der Waals surface area (Å²) >= 11 is 0. The molecule has 2 aliphatic rings. The van der Waals surface area contributed by atoms with Crippen LogP contribution in [0, 0.1) is 0 Å². The van der Waals surface area contributed by atoms with E-state index in [9.17, 15) is 4.79 Å². The summed E-state index contributed by atoms with van der Waals surface area (Å²) in [4.78, 5) is 16.2. The van der Waals surface area contributed by atoms with Crippen LogP contribution in [0.4, 0.5) is 0 Å².